The van der Waals surface area contributed by atoms with Crippen LogP contribution in [-0.4, -0.2) is 54.4 Å². The van der Waals surface area contributed by atoms with Gasteiger partial charge in [0, 0.05) is 80.9 Å². The van der Waals surface area contributed by atoms with Crippen LogP contribution in [-0.2, 0) is 32.7 Å². The molecule has 14 heteroatoms. The molecule has 0 unspecified atom stereocenters. The Morgan fingerprint density at radius 1 is 0.940 bits per heavy atom. The quantitative estimate of drug-likeness (QED) is 0.194. The molecular formula is C36H37F3N10O. The average Bonchev–Trinajstić information content (AvgIpc) is 3.57. The number of pyridine rings is 2. The van der Waals surface area contributed by atoms with Gasteiger partial charge in [0.15, 0.2) is 0 Å². The van der Waals surface area contributed by atoms with E-state index in [-0.39, 0.29) is 29.9 Å². The van der Waals surface area contributed by atoms with Gasteiger partial charge >= 0.3 is 12.2 Å². The van der Waals surface area contributed by atoms with E-state index < -0.39 is 11.7 Å². The Balaban J connectivity index is 1.06. The van der Waals surface area contributed by atoms with Crippen molar-refractivity contribution in [1.29, 1.82) is 0 Å². The minimum Gasteiger partial charge on any atom is -0.351 e. The fourth-order valence-electron chi connectivity index (χ4n) is 6.69. The molecule has 1 aliphatic heterocycles. The topological polar surface area (TPSA) is 117 Å². The lowest BCUT2D eigenvalue weighted by Crippen LogP contribution is -2.49. The third-order valence-electron chi connectivity index (χ3n) is 9.32. The minimum absolute atomic E-state index is 0.0841. The minimum atomic E-state index is -4.60. The third-order valence-corrected chi connectivity index (χ3v) is 9.32. The third kappa shape index (κ3) is 7.38. The Hall–Kier alpha value is -5.53. The van der Waals surface area contributed by atoms with Crippen LogP contribution in [0.25, 0.3) is 11.1 Å². The number of urea groups is 1. The van der Waals surface area contributed by atoms with E-state index in [1.807, 2.05) is 61.8 Å². The maximum atomic E-state index is 14.1. The van der Waals surface area contributed by atoms with E-state index in [9.17, 15) is 18.0 Å². The van der Waals surface area contributed by atoms with E-state index in [1.165, 1.54) is 0 Å². The van der Waals surface area contributed by atoms with Crippen molar-refractivity contribution in [2.45, 2.75) is 63.5 Å². The molecular weight excluding hydrogens is 645 g/mol. The Labute approximate surface area is 287 Å². The van der Waals surface area contributed by atoms with E-state index in [0.717, 1.165) is 34.0 Å². The first-order chi connectivity index (χ1) is 24.2. The van der Waals surface area contributed by atoms with E-state index in [0.29, 0.717) is 57.6 Å². The number of benzene rings is 1. The zero-order chi connectivity index (χ0) is 34.7. The highest BCUT2D eigenvalue weighted by atomic mass is 19.4. The summed E-state index contributed by atoms with van der Waals surface area (Å²) in [5, 5.41) is 10.6. The number of amides is 2. The summed E-state index contributed by atoms with van der Waals surface area (Å²) in [6.07, 6.45) is 8.29. The lowest BCUT2D eigenvalue weighted by atomic mass is 9.90. The number of carbonyl (C=O) groups is 1. The Bertz CT molecular complexity index is 1920. The second kappa shape index (κ2) is 14.1. The maximum absolute atomic E-state index is 14.1. The number of rotatable bonds is 8. The van der Waals surface area contributed by atoms with Gasteiger partial charge < -0.3 is 15.5 Å². The smallest absolute Gasteiger partial charge is 0.351 e. The standard InChI is InChI=1S/C36H37F3N10O/c1-47-22-28(20-44-47)25-7-12-32(41-19-25)49(35(50)43-17-24-5-3-2-4-6-24)30-10-8-29(9-11-30)45-34-42-21-31(36(37,38)39)33(46-34)48-16-14-26-18-40-15-13-27(26)23-48/h2-7,12-13,15,18-22,29-30H,8-11,14,16-17,23H2,1H3,(H,43,50)(H,42,45,46). The summed E-state index contributed by atoms with van der Waals surface area (Å²) >= 11 is 0. The zero-order valence-electron chi connectivity index (χ0n) is 27.5. The molecule has 0 saturated heterocycles. The SMILES string of the molecule is Cn1cc(-c2ccc(N(C(=O)NCc3ccccc3)C3CCC(Nc4ncc(C(F)(F)F)c(N5CCc6cnccc6C5)n4)CC3)nc2)cn1. The predicted octanol–water partition coefficient (Wildman–Crippen LogP) is 6.39. The molecule has 4 aromatic heterocycles. The molecule has 0 spiro atoms. The van der Waals surface area contributed by atoms with Gasteiger partial charge in [0.25, 0.3) is 0 Å². The fourth-order valence-corrected chi connectivity index (χ4v) is 6.69. The van der Waals surface area contributed by atoms with E-state index >= 15 is 0 Å². The first kappa shape index (κ1) is 33.0. The Morgan fingerprint density at radius 2 is 1.76 bits per heavy atom. The molecule has 1 aromatic carbocycles. The Morgan fingerprint density at radius 3 is 2.48 bits per heavy atom. The molecule has 1 saturated carbocycles. The summed E-state index contributed by atoms with van der Waals surface area (Å²) in [5.41, 5.74) is 3.90. The average molecular weight is 683 g/mol. The van der Waals surface area contributed by atoms with Gasteiger partial charge in [-0.1, -0.05) is 30.3 Å². The summed E-state index contributed by atoms with van der Waals surface area (Å²) in [6, 6.07) is 14.8. The number of halogens is 3. The number of fused-ring (bicyclic) bond motifs is 1. The molecule has 7 rings (SSSR count). The summed E-state index contributed by atoms with van der Waals surface area (Å²) in [5.74, 6) is 0.560. The molecule has 0 atom stereocenters. The van der Waals surface area contributed by atoms with E-state index in [4.69, 9.17) is 4.98 Å². The van der Waals surface area contributed by atoms with Gasteiger partial charge in [-0.2, -0.15) is 23.3 Å². The molecule has 2 N–H and O–H groups in total. The molecule has 0 radical (unpaired) electrons. The van der Waals surface area contributed by atoms with Crippen LogP contribution in [0.4, 0.5) is 35.5 Å². The summed E-state index contributed by atoms with van der Waals surface area (Å²) in [4.78, 5) is 34.5. The molecule has 2 aliphatic rings. The van der Waals surface area contributed by atoms with Crippen LogP contribution >= 0.6 is 0 Å². The van der Waals surface area contributed by atoms with Gasteiger partial charge in [0.1, 0.15) is 17.2 Å². The highest BCUT2D eigenvalue weighted by Crippen LogP contribution is 2.38. The van der Waals surface area contributed by atoms with Crippen molar-refractivity contribution in [1.82, 2.24) is 35.0 Å². The van der Waals surface area contributed by atoms with Crippen LogP contribution in [0.15, 0.2) is 85.7 Å². The number of aromatic nitrogens is 6. The number of hydrogen-bond donors (Lipinski definition) is 2. The number of hydrogen-bond acceptors (Lipinski definition) is 8. The molecule has 2 amide bonds. The van der Waals surface area contributed by atoms with Crippen molar-refractivity contribution in [2.24, 2.45) is 7.05 Å². The van der Waals surface area contributed by atoms with Crippen molar-refractivity contribution < 1.29 is 18.0 Å². The molecule has 5 heterocycles. The van der Waals surface area contributed by atoms with Crippen LogP contribution in [0.5, 0.6) is 0 Å². The van der Waals surface area contributed by atoms with Crippen molar-refractivity contribution in [3.8, 4) is 11.1 Å². The van der Waals surface area contributed by atoms with E-state index in [2.05, 4.69) is 30.7 Å². The molecule has 11 nitrogen and oxygen atoms in total. The number of nitrogens with one attached hydrogen (secondary N) is 2. The second-order valence-electron chi connectivity index (χ2n) is 12.7. The van der Waals surface area contributed by atoms with Gasteiger partial charge in [0.05, 0.1) is 6.20 Å². The van der Waals surface area contributed by atoms with Crippen LogP contribution in [0.1, 0.15) is 47.9 Å². The van der Waals surface area contributed by atoms with Crippen molar-refractivity contribution in [2.75, 3.05) is 21.7 Å². The van der Waals surface area contributed by atoms with Crippen molar-refractivity contribution >= 4 is 23.6 Å². The molecule has 1 fully saturated rings. The maximum Gasteiger partial charge on any atom is 0.421 e. The molecule has 0 bridgehead atoms. The molecule has 1 aliphatic carbocycles. The fraction of sp³-hybridized carbons (Fsp3) is 0.333. The normalized spacial score (nSPS) is 17.6. The highest BCUT2D eigenvalue weighted by Gasteiger charge is 2.38. The van der Waals surface area contributed by atoms with Gasteiger partial charge in [-0.05, 0) is 67.0 Å². The van der Waals surface area contributed by atoms with Crippen molar-refractivity contribution in [3.05, 3.63) is 108 Å². The largest absolute Gasteiger partial charge is 0.421 e. The number of nitrogens with zero attached hydrogens (tertiary/aromatic N) is 8. The molecule has 5 aromatic rings. The van der Waals surface area contributed by atoms with Gasteiger partial charge in [-0.25, -0.2) is 14.8 Å². The lowest BCUT2D eigenvalue weighted by Gasteiger charge is -2.36. The summed E-state index contributed by atoms with van der Waals surface area (Å²) in [6.45, 7) is 1.07. The van der Waals surface area contributed by atoms with Crippen LogP contribution in [0.2, 0.25) is 0 Å². The summed E-state index contributed by atoms with van der Waals surface area (Å²) in [7, 11) is 1.85. The first-order valence-corrected chi connectivity index (χ1v) is 16.6. The van der Waals surface area contributed by atoms with Crippen LogP contribution in [0.3, 0.4) is 0 Å². The molecule has 258 valence electrons. The zero-order valence-corrected chi connectivity index (χ0v) is 27.5. The van der Waals surface area contributed by atoms with E-state index in [1.54, 1.807) is 39.3 Å². The van der Waals surface area contributed by atoms with Gasteiger partial charge in [-0.15, -0.1) is 0 Å². The number of alkyl halides is 3. The lowest BCUT2D eigenvalue weighted by molar-refractivity contribution is -0.137. The first-order valence-electron chi connectivity index (χ1n) is 16.6. The van der Waals surface area contributed by atoms with Crippen LogP contribution in [0, 0.1) is 0 Å². The van der Waals surface area contributed by atoms with Gasteiger partial charge in [-0.3, -0.25) is 14.6 Å². The van der Waals surface area contributed by atoms with Crippen LogP contribution < -0.4 is 20.4 Å². The number of carbonyl (C=O) groups excluding carboxylic acids is 1. The number of aryl methyl sites for hydroxylation is 1. The second-order valence-corrected chi connectivity index (χ2v) is 12.7. The monoisotopic (exact) mass is 682 g/mol. The van der Waals surface area contributed by atoms with Crippen molar-refractivity contribution in [3.63, 3.8) is 0 Å². The van der Waals surface area contributed by atoms with Gasteiger partial charge in [0.2, 0.25) is 5.95 Å². The predicted molar refractivity (Wildman–Crippen MR) is 183 cm³/mol. The molecule has 50 heavy (non-hydrogen) atoms. The highest BCUT2D eigenvalue weighted by molar-refractivity contribution is 5.91. The summed E-state index contributed by atoms with van der Waals surface area (Å²) < 4.78 is 44.0. The Kier molecular flexibility index (Phi) is 9.33. The number of anilines is 3.